The number of aliphatic carboxylic acids is 2. The van der Waals surface area contributed by atoms with Crippen molar-refractivity contribution >= 4 is 11.9 Å². The molecule has 0 aromatic heterocycles. The molecule has 1 unspecified atom stereocenters. The van der Waals surface area contributed by atoms with Gasteiger partial charge in [-0.15, -0.1) is 0 Å². The molecule has 1 atom stereocenters. The van der Waals surface area contributed by atoms with Gasteiger partial charge in [0.05, 0.1) is 6.61 Å². The summed E-state index contributed by atoms with van der Waals surface area (Å²) in [5.74, 6) is -3.78. The summed E-state index contributed by atoms with van der Waals surface area (Å²) in [6.07, 6.45) is 0.404. The van der Waals surface area contributed by atoms with Crippen LogP contribution >= 0.6 is 0 Å². The second kappa shape index (κ2) is 4.00. The summed E-state index contributed by atoms with van der Waals surface area (Å²) in [4.78, 5) is 21.1. The van der Waals surface area contributed by atoms with E-state index in [1.807, 2.05) is 0 Å². The molecule has 2 N–H and O–H groups in total. The molecule has 6 nitrogen and oxygen atoms in total. The van der Waals surface area contributed by atoms with Gasteiger partial charge in [0.25, 0.3) is 0 Å². The van der Waals surface area contributed by atoms with Crippen molar-refractivity contribution in [3.63, 3.8) is 0 Å². The van der Waals surface area contributed by atoms with E-state index in [9.17, 15) is 9.59 Å². The zero-order valence-electron chi connectivity index (χ0n) is 8.39. The van der Waals surface area contributed by atoms with Gasteiger partial charge in [0.2, 0.25) is 0 Å². The second-order valence-electron chi connectivity index (χ2n) is 3.56. The van der Waals surface area contributed by atoms with E-state index in [4.69, 9.17) is 19.7 Å². The Kier molecular flexibility index (Phi) is 3.11. The van der Waals surface area contributed by atoms with Gasteiger partial charge < -0.3 is 19.7 Å². The minimum atomic E-state index is -1.49. The van der Waals surface area contributed by atoms with Gasteiger partial charge in [-0.2, -0.15) is 0 Å². The summed E-state index contributed by atoms with van der Waals surface area (Å²) in [5, 5.41) is 17.2. The van der Waals surface area contributed by atoms with Crippen LogP contribution in [0.2, 0.25) is 0 Å². The molecule has 0 bridgehead atoms. The fourth-order valence-corrected chi connectivity index (χ4v) is 1.22. The van der Waals surface area contributed by atoms with Crippen molar-refractivity contribution in [2.45, 2.75) is 25.7 Å². The van der Waals surface area contributed by atoms with Gasteiger partial charge in [-0.05, 0) is 19.9 Å². The Morgan fingerprint density at radius 1 is 1.33 bits per heavy atom. The van der Waals surface area contributed by atoms with Crippen LogP contribution in [0.25, 0.3) is 0 Å². The molecule has 0 amide bonds. The van der Waals surface area contributed by atoms with Crippen LogP contribution in [0, 0.1) is 0 Å². The van der Waals surface area contributed by atoms with Gasteiger partial charge in [0, 0.05) is 0 Å². The molecule has 1 fully saturated rings. The van der Waals surface area contributed by atoms with Crippen molar-refractivity contribution in [3.8, 4) is 0 Å². The largest absolute Gasteiger partial charge is 0.477 e. The average Bonchev–Trinajstić information content (AvgIpc) is 2.40. The number of carboxylic acids is 2. The van der Waals surface area contributed by atoms with E-state index < -0.39 is 29.4 Å². The smallest absolute Gasteiger partial charge is 0.342 e. The summed E-state index contributed by atoms with van der Waals surface area (Å²) in [7, 11) is 0. The van der Waals surface area contributed by atoms with E-state index in [0.29, 0.717) is 0 Å². The Hall–Kier alpha value is -1.40. The highest BCUT2D eigenvalue weighted by atomic mass is 16.7. The molecular formula is C9H12O6. The maximum atomic E-state index is 10.5. The first-order chi connectivity index (χ1) is 6.82. The third-order valence-corrected chi connectivity index (χ3v) is 1.84. The summed E-state index contributed by atoms with van der Waals surface area (Å²) in [6, 6.07) is 0. The third-order valence-electron chi connectivity index (χ3n) is 1.84. The quantitative estimate of drug-likeness (QED) is 0.398. The second-order valence-corrected chi connectivity index (χ2v) is 3.56. The molecule has 0 saturated carbocycles. The number of hydrogen-bond donors (Lipinski definition) is 2. The predicted molar refractivity (Wildman–Crippen MR) is 48.3 cm³/mol. The zero-order valence-corrected chi connectivity index (χ0v) is 8.39. The number of rotatable bonds is 3. The lowest BCUT2D eigenvalue weighted by molar-refractivity contribution is -0.141. The SMILES string of the molecule is CC1(C)OCC(C=C(C(=O)O)C(=O)O)O1. The topological polar surface area (TPSA) is 93.1 Å². The molecule has 84 valence electrons. The molecule has 0 radical (unpaired) electrons. The van der Waals surface area contributed by atoms with Crippen LogP contribution < -0.4 is 0 Å². The maximum absolute atomic E-state index is 10.5. The van der Waals surface area contributed by atoms with Crippen molar-refractivity contribution in [1.82, 2.24) is 0 Å². The van der Waals surface area contributed by atoms with Crippen molar-refractivity contribution in [3.05, 3.63) is 11.6 Å². The van der Waals surface area contributed by atoms with Gasteiger partial charge in [-0.25, -0.2) is 9.59 Å². The molecule has 0 aromatic rings. The van der Waals surface area contributed by atoms with E-state index >= 15 is 0 Å². The van der Waals surface area contributed by atoms with Gasteiger partial charge >= 0.3 is 11.9 Å². The summed E-state index contributed by atoms with van der Waals surface area (Å²) < 4.78 is 10.4. The first-order valence-corrected chi connectivity index (χ1v) is 4.32. The third kappa shape index (κ3) is 3.03. The summed E-state index contributed by atoms with van der Waals surface area (Å²) in [6.45, 7) is 3.49. The number of ether oxygens (including phenoxy) is 2. The van der Waals surface area contributed by atoms with Gasteiger partial charge in [0.1, 0.15) is 11.7 Å². The Bertz CT molecular complexity index is 301. The number of carbonyl (C=O) groups is 2. The zero-order chi connectivity index (χ0) is 11.6. The Labute approximate surface area is 86.1 Å². The van der Waals surface area contributed by atoms with Crippen LogP contribution in [-0.4, -0.2) is 40.6 Å². The van der Waals surface area contributed by atoms with Crippen molar-refractivity contribution in [2.24, 2.45) is 0 Å². The molecule has 15 heavy (non-hydrogen) atoms. The Morgan fingerprint density at radius 3 is 2.20 bits per heavy atom. The minimum absolute atomic E-state index is 0.150. The molecule has 1 heterocycles. The lowest BCUT2D eigenvalue weighted by Gasteiger charge is -2.15. The molecule has 0 aliphatic carbocycles. The van der Waals surface area contributed by atoms with Crippen molar-refractivity contribution in [1.29, 1.82) is 0 Å². The van der Waals surface area contributed by atoms with Gasteiger partial charge in [-0.1, -0.05) is 0 Å². The van der Waals surface area contributed by atoms with Crippen LogP contribution in [0.3, 0.4) is 0 Å². The summed E-state index contributed by atoms with van der Waals surface area (Å²) in [5.41, 5.74) is -0.707. The van der Waals surface area contributed by atoms with Gasteiger partial charge in [0.15, 0.2) is 5.79 Å². The van der Waals surface area contributed by atoms with Crippen molar-refractivity contribution in [2.75, 3.05) is 6.61 Å². The molecule has 1 rings (SSSR count). The van der Waals surface area contributed by atoms with E-state index in [0.717, 1.165) is 6.08 Å². The number of carboxylic acid groups (broad SMARTS) is 2. The molecule has 0 spiro atoms. The fraction of sp³-hybridized carbons (Fsp3) is 0.556. The lowest BCUT2D eigenvalue weighted by atomic mass is 10.2. The monoisotopic (exact) mass is 216 g/mol. The maximum Gasteiger partial charge on any atom is 0.342 e. The molecule has 1 aliphatic rings. The highest BCUT2D eigenvalue weighted by molar-refractivity contribution is 6.12. The van der Waals surface area contributed by atoms with Crippen LogP contribution in [-0.2, 0) is 19.1 Å². The first kappa shape index (κ1) is 11.7. The predicted octanol–water partition coefficient (Wildman–Crippen LogP) is 0.234. The standard InChI is InChI=1S/C9H12O6/c1-9(2)14-4-5(15-9)3-6(7(10)11)8(12)13/h3,5H,4H2,1-2H3,(H,10,11)(H,12,13). The highest BCUT2D eigenvalue weighted by Gasteiger charge is 2.33. The van der Waals surface area contributed by atoms with Crippen LogP contribution in [0.4, 0.5) is 0 Å². The Morgan fingerprint density at radius 2 is 1.87 bits per heavy atom. The van der Waals surface area contributed by atoms with E-state index in [1.54, 1.807) is 13.8 Å². The van der Waals surface area contributed by atoms with E-state index in [-0.39, 0.29) is 6.61 Å². The van der Waals surface area contributed by atoms with Crippen LogP contribution in [0.15, 0.2) is 11.6 Å². The van der Waals surface area contributed by atoms with E-state index in [1.165, 1.54) is 0 Å². The fourth-order valence-electron chi connectivity index (χ4n) is 1.22. The normalized spacial score (nSPS) is 23.5. The molecule has 6 heteroatoms. The van der Waals surface area contributed by atoms with Crippen molar-refractivity contribution < 1.29 is 29.3 Å². The Balaban J connectivity index is 2.78. The lowest BCUT2D eigenvalue weighted by Crippen LogP contribution is -2.22. The molecule has 1 aliphatic heterocycles. The minimum Gasteiger partial charge on any atom is -0.477 e. The van der Waals surface area contributed by atoms with E-state index in [2.05, 4.69) is 0 Å². The van der Waals surface area contributed by atoms with Crippen LogP contribution in [0.1, 0.15) is 13.8 Å². The van der Waals surface area contributed by atoms with Crippen LogP contribution in [0.5, 0.6) is 0 Å². The first-order valence-electron chi connectivity index (χ1n) is 4.32. The van der Waals surface area contributed by atoms with Gasteiger partial charge in [-0.3, -0.25) is 0 Å². The molecule has 1 saturated heterocycles. The average molecular weight is 216 g/mol. The molecule has 0 aromatic carbocycles. The summed E-state index contributed by atoms with van der Waals surface area (Å²) >= 11 is 0. The number of hydrogen-bond acceptors (Lipinski definition) is 4. The molecular weight excluding hydrogens is 204 g/mol. The highest BCUT2D eigenvalue weighted by Crippen LogP contribution is 2.23.